The molecule has 1 aromatic carbocycles. The van der Waals surface area contributed by atoms with Crippen molar-refractivity contribution in [2.45, 2.75) is 11.5 Å². The van der Waals surface area contributed by atoms with Gasteiger partial charge in [0.2, 0.25) is 0 Å². The lowest BCUT2D eigenvalue weighted by atomic mass is 10.2. The van der Waals surface area contributed by atoms with Crippen molar-refractivity contribution in [3.63, 3.8) is 0 Å². The molecule has 0 atom stereocenters. The molecule has 0 aliphatic carbocycles. The number of hydrazine groups is 1. The van der Waals surface area contributed by atoms with Gasteiger partial charge in [-0.05, 0) is 11.6 Å². The molecule has 0 saturated carbocycles. The van der Waals surface area contributed by atoms with Gasteiger partial charge in [-0.3, -0.25) is 0 Å². The van der Waals surface area contributed by atoms with E-state index < -0.39 is 10.0 Å². The average Bonchev–Trinajstić information content (AvgIpc) is 2.39. The number of nitrogens with one attached hydrogen (secondary N) is 1. The second-order valence-electron chi connectivity index (χ2n) is 3.96. The van der Waals surface area contributed by atoms with Crippen molar-refractivity contribution in [3.05, 3.63) is 29.8 Å². The Morgan fingerprint density at radius 3 is 2.61 bits per heavy atom. The second kappa shape index (κ2) is 5.77. The number of hydrogen-bond acceptors (Lipinski definition) is 5. The monoisotopic (exact) mass is 272 g/mol. The molecule has 1 saturated heterocycles. The number of sulfonamides is 1. The van der Waals surface area contributed by atoms with Gasteiger partial charge in [-0.1, -0.05) is 18.2 Å². The number of aliphatic hydroxyl groups is 1. The summed E-state index contributed by atoms with van der Waals surface area (Å²) in [7, 11) is -3.64. The van der Waals surface area contributed by atoms with Crippen LogP contribution in [0.3, 0.4) is 0 Å². The smallest absolute Gasteiger partial charge is 0.253 e. The standard InChI is InChI=1S/C11H16N2O4S/c14-9-10-3-1-2-4-11(10)18(15,16)12-13-5-7-17-8-6-13/h1-4,12,14H,5-9H2. The van der Waals surface area contributed by atoms with E-state index >= 15 is 0 Å². The summed E-state index contributed by atoms with van der Waals surface area (Å²) in [5.74, 6) is 0. The molecule has 1 aliphatic heterocycles. The Morgan fingerprint density at radius 2 is 1.94 bits per heavy atom. The maximum atomic E-state index is 12.2. The number of benzene rings is 1. The van der Waals surface area contributed by atoms with Gasteiger partial charge in [-0.25, -0.2) is 13.4 Å². The summed E-state index contributed by atoms with van der Waals surface area (Å²) in [6.07, 6.45) is 0. The molecule has 0 aromatic heterocycles. The molecule has 1 aliphatic rings. The van der Waals surface area contributed by atoms with Gasteiger partial charge in [0.25, 0.3) is 10.0 Å². The third kappa shape index (κ3) is 3.06. The van der Waals surface area contributed by atoms with E-state index in [2.05, 4.69) is 4.83 Å². The van der Waals surface area contributed by atoms with Crippen LogP contribution in [0.25, 0.3) is 0 Å². The third-order valence-electron chi connectivity index (χ3n) is 2.69. The fourth-order valence-electron chi connectivity index (χ4n) is 1.77. The van der Waals surface area contributed by atoms with Crippen molar-refractivity contribution < 1.29 is 18.3 Å². The zero-order valence-corrected chi connectivity index (χ0v) is 10.7. The van der Waals surface area contributed by atoms with E-state index in [1.54, 1.807) is 23.2 Å². The Balaban J connectivity index is 2.19. The van der Waals surface area contributed by atoms with E-state index in [0.29, 0.717) is 31.9 Å². The van der Waals surface area contributed by atoms with Gasteiger partial charge in [0, 0.05) is 13.1 Å². The van der Waals surface area contributed by atoms with Crippen LogP contribution < -0.4 is 4.83 Å². The summed E-state index contributed by atoms with van der Waals surface area (Å²) < 4.78 is 29.5. The van der Waals surface area contributed by atoms with Crippen LogP contribution in [0.15, 0.2) is 29.2 Å². The first-order chi connectivity index (χ1) is 8.63. The summed E-state index contributed by atoms with van der Waals surface area (Å²) in [6.45, 7) is 1.73. The molecule has 1 fully saturated rings. The Morgan fingerprint density at radius 1 is 1.28 bits per heavy atom. The number of nitrogens with zero attached hydrogens (tertiary/aromatic N) is 1. The number of morpholine rings is 1. The van der Waals surface area contributed by atoms with Crippen molar-refractivity contribution in [1.82, 2.24) is 9.84 Å². The third-order valence-corrected chi connectivity index (χ3v) is 4.17. The van der Waals surface area contributed by atoms with Gasteiger partial charge < -0.3 is 9.84 Å². The highest BCUT2D eigenvalue weighted by Crippen LogP contribution is 2.15. The lowest BCUT2D eigenvalue weighted by Crippen LogP contribution is -2.48. The quantitative estimate of drug-likeness (QED) is 0.787. The molecule has 0 bridgehead atoms. The van der Waals surface area contributed by atoms with Gasteiger partial charge >= 0.3 is 0 Å². The van der Waals surface area contributed by atoms with Crippen LogP contribution >= 0.6 is 0 Å². The minimum absolute atomic E-state index is 0.110. The minimum atomic E-state index is -3.64. The summed E-state index contributed by atoms with van der Waals surface area (Å²) >= 11 is 0. The highest BCUT2D eigenvalue weighted by Gasteiger charge is 2.22. The zero-order chi connectivity index (χ0) is 13.0. The van der Waals surface area contributed by atoms with Crippen molar-refractivity contribution in [3.8, 4) is 0 Å². The number of rotatable bonds is 4. The molecule has 1 aromatic rings. The Kier molecular flexibility index (Phi) is 4.31. The van der Waals surface area contributed by atoms with Crippen LogP contribution in [0.4, 0.5) is 0 Å². The minimum Gasteiger partial charge on any atom is -0.392 e. The van der Waals surface area contributed by atoms with Crippen LogP contribution in [0.1, 0.15) is 5.56 Å². The van der Waals surface area contributed by atoms with Crippen LogP contribution in [-0.4, -0.2) is 44.8 Å². The molecule has 6 nitrogen and oxygen atoms in total. The maximum absolute atomic E-state index is 12.2. The summed E-state index contributed by atoms with van der Waals surface area (Å²) in [6, 6.07) is 6.40. The Bertz CT molecular complexity index is 498. The number of hydrogen-bond donors (Lipinski definition) is 2. The molecule has 0 radical (unpaired) electrons. The van der Waals surface area contributed by atoms with Gasteiger partial charge in [0.05, 0.1) is 24.7 Å². The Labute approximate surface area is 106 Å². The topological polar surface area (TPSA) is 78.9 Å². The molecular formula is C11H16N2O4S. The van der Waals surface area contributed by atoms with Gasteiger partial charge in [-0.15, -0.1) is 4.83 Å². The highest BCUT2D eigenvalue weighted by molar-refractivity contribution is 7.89. The van der Waals surface area contributed by atoms with Gasteiger partial charge in [0.1, 0.15) is 0 Å². The predicted molar refractivity (Wildman–Crippen MR) is 65.1 cm³/mol. The predicted octanol–water partition coefficient (Wildman–Crippen LogP) is -0.296. The SMILES string of the molecule is O=S(=O)(NN1CCOCC1)c1ccccc1CO. The van der Waals surface area contributed by atoms with Gasteiger partial charge in [0.15, 0.2) is 0 Å². The molecule has 100 valence electrons. The van der Waals surface area contributed by atoms with Crippen molar-refractivity contribution in [2.24, 2.45) is 0 Å². The van der Waals surface area contributed by atoms with E-state index in [9.17, 15) is 8.42 Å². The summed E-state index contributed by atoms with van der Waals surface area (Å²) in [5.41, 5.74) is 0.387. The average molecular weight is 272 g/mol. The summed E-state index contributed by atoms with van der Waals surface area (Å²) in [5, 5.41) is 10.8. The second-order valence-corrected chi connectivity index (χ2v) is 5.59. The maximum Gasteiger partial charge on any atom is 0.253 e. The zero-order valence-electron chi connectivity index (χ0n) is 9.87. The molecule has 18 heavy (non-hydrogen) atoms. The van der Waals surface area contributed by atoms with Crippen molar-refractivity contribution >= 4 is 10.0 Å². The highest BCUT2D eigenvalue weighted by atomic mass is 32.2. The van der Waals surface area contributed by atoms with E-state index in [4.69, 9.17) is 9.84 Å². The van der Waals surface area contributed by atoms with Crippen LogP contribution in [0, 0.1) is 0 Å². The first kappa shape index (κ1) is 13.4. The van der Waals surface area contributed by atoms with Crippen molar-refractivity contribution in [1.29, 1.82) is 0 Å². The molecule has 0 spiro atoms. The van der Waals surface area contributed by atoms with E-state index in [1.165, 1.54) is 6.07 Å². The molecule has 2 N–H and O–H groups in total. The lowest BCUT2D eigenvalue weighted by molar-refractivity contribution is 0.0272. The first-order valence-electron chi connectivity index (χ1n) is 5.67. The number of aliphatic hydroxyl groups excluding tert-OH is 1. The van der Waals surface area contributed by atoms with Crippen LogP contribution in [0.5, 0.6) is 0 Å². The largest absolute Gasteiger partial charge is 0.392 e. The molecule has 1 heterocycles. The van der Waals surface area contributed by atoms with Crippen LogP contribution in [0.2, 0.25) is 0 Å². The first-order valence-corrected chi connectivity index (χ1v) is 7.16. The number of ether oxygens (including phenoxy) is 1. The molecule has 0 amide bonds. The van der Waals surface area contributed by atoms with E-state index in [0.717, 1.165) is 0 Å². The fraction of sp³-hybridized carbons (Fsp3) is 0.455. The molecular weight excluding hydrogens is 256 g/mol. The van der Waals surface area contributed by atoms with Gasteiger partial charge in [-0.2, -0.15) is 0 Å². The van der Waals surface area contributed by atoms with Crippen molar-refractivity contribution in [2.75, 3.05) is 26.3 Å². The fourth-order valence-corrected chi connectivity index (χ4v) is 3.13. The van der Waals surface area contributed by atoms with Crippen LogP contribution in [-0.2, 0) is 21.4 Å². The summed E-state index contributed by atoms with van der Waals surface area (Å²) in [4.78, 5) is 2.61. The molecule has 2 rings (SSSR count). The molecule has 7 heteroatoms. The normalized spacial score (nSPS) is 17.8. The molecule has 0 unspecified atom stereocenters. The lowest BCUT2D eigenvalue weighted by Gasteiger charge is -2.27. The van der Waals surface area contributed by atoms with E-state index in [1.807, 2.05) is 0 Å². The van der Waals surface area contributed by atoms with E-state index in [-0.39, 0.29) is 11.5 Å². The Hall–Kier alpha value is -0.990.